The van der Waals surface area contributed by atoms with Crippen LogP contribution in [0.3, 0.4) is 0 Å². The molecule has 4 rings (SSSR count). The molecule has 3 aromatic carbocycles. The maximum Gasteiger partial charge on any atom is 0.186 e. The molecule has 31 heavy (non-hydrogen) atoms. The smallest absolute Gasteiger partial charge is 0.186 e. The van der Waals surface area contributed by atoms with Crippen LogP contribution in [0.15, 0.2) is 77.7 Å². The number of rotatable bonds is 2. The van der Waals surface area contributed by atoms with Gasteiger partial charge in [-0.15, -0.1) is 0 Å². The van der Waals surface area contributed by atoms with Gasteiger partial charge in [0.05, 0.1) is 0 Å². The van der Waals surface area contributed by atoms with Crippen LogP contribution in [0.25, 0.3) is 33.2 Å². The first-order valence-electron chi connectivity index (χ1n) is 10.9. The Morgan fingerprint density at radius 2 is 1.16 bits per heavy atom. The van der Waals surface area contributed by atoms with Crippen LogP contribution in [-0.2, 0) is 10.8 Å². The van der Waals surface area contributed by atoms with Crippen molar-refractivity contribution in [2.24, 2.45) is 0 Å². The maximum absolute atomic E-state index is 13.5. The number of nitrogens with one attached hydrogen (secondary N) is 1. The Morgan fingerprint density at radius 3 is 1.74 bits per heavy atom. The van der Waals surface area contributed by atoms with Gasteiger partial charge in [0.15, 0.2) is 5.43 Å². The first-order chi connectivity index (χ1) is 14.6. The van der Waals surface area contributed by atoms with Crippen molar-refractivity contribution in [1.29, 1.82) is 0 Å². The molecule has 0 atom stereocenters. The first kappa shape index (κ1) is 21.1. The molecule has 1 heterocycles. The number of hydrogen-bond acceptors (Lipinski definition) is 1. The fraction of sp³-hybridized carbons (Fsp3) is 0.276. The molecule has 0 bridgehead atoms. The normalized spacial score (nSPS) is 12.3. The predicted octanol–water partition coefficient (Wildman–Crippen LogP) is 7.46. The van der Waals surface area contributed by atoms with Crippen LogP contribution in [-0.4, -0.2) is 4.98 Å². The quantitative estimate of drug-likeness (QED) is 0.366. The summed E-state index contributed by atoms with van der Waals surface area (Å²) in [4.78, 5) is 16.9. The molecule has 2 nitrogen and oxygen atoms in total. The Labute approximate surface area is 185 Å². The Kier molecular flexibility index (Phi) is 5.13. The van der Waals surface area contributed by atoms with E-state index in [-0.39, 0.29) is 16.3 Å². The molecule has 0 spiro atoms. The van der Waals surface area contributed by atoms with Crippen molar-refractivity contribution in [3.05, 3.63) is 94.3 Å². The third-order valence-corrected chi connectivity index (χ3v) is 5.94. The Hall–Kier alpha value is -3.13. The van der Waals surface area contributed by atoms with Crippen LogP contribution in [0.2, 0.25) is 0 Å². The van der Waals surface area contributed by atoms with E-state index in [1.54, 1.807) is 0 Å². The summed E-state index contributed by atoms with van der Waals surface area (Å²) in [5, 5.41) is 1.09. The van der Waals surface area contributed by atoms with Gasteiger partial charge in [-0.2, -0.15) is 0 Å². The van der Waals surface area contributed by atoms with Gasteiger partial charge in [-0.1, -0.05) is 96.1 Å². The van der Waals surface area contributed by atoms with Crippen molar-refractivity contribution in [3.63, 3.8) is 0 Å². The SMILES string of the molecule is CC(C)(C)c1cc2[nH]cc(-c3ccc(-c4ccccc4)cc3)c2cc(C(C)(C)C)c1=O. The van der Waals surface area contributed by atoms with Gasteiger partial charge in [0.1, 0.15) is 0 Å². The van der Waals surface area contributed by atoms with E-state index in [0.717, 1.165) is 33.2 Å². The molecule has 0 aliphatic carbocycles. The van der Waals surface area contributed by atoms with Crippen molar-refractivity contribution in [1.82, 2.24) is 4.98 Å². The summed E-state index contributed by atoms with van der Waals surface area (Å²) in [7, 11) is 0. The van der Waals surface area contributed by atoms with Crippen LogP contribution in [0.4, 0.5) is 0 Å². The number of hydrogen-bond donors (Lipinski definition) is 1. The molecule has 0 amide bonds. The van der Waals surface area contributed by atoms with E-state index in [1.165, 1.54) is 11.1 Å². The molecule has 0 saturated carbocycles. The molecule has 0 radical (unpaired) electrons. The van der Waals surface area contributed by atoms with Crippen molar-refractivity contribution >= 4 is 10.9 Å². The maximum atomic E-state index is 13.5. The molecule has 0 fully saturated rings. The van der Waals surface area contributed by atoms with Crippen LogP contribution in [0.5, 0.6) is 0 Å². The van der Waals surface area contributed by atoms with Crippen molar-refractivity contribution in [3.8, 4) is 22.3 Å². The van der Waals surface area contributed by atoms with E-state index >= 15 is 0 Å². The minimum Gasteiger partial charge on any atom is -0.361 e. The van der Waals surface area contributed by atoms with Gasteiger partial charge in [-0.05, 0) is 39.7 Å². The van der Waals surface area contributed by atoms with E-state index in [4.69, 9.17) is 0 Å². The van der Waals surface area contributed by atoms with Gasteiger partial charge in [-0.3, -0.25) is 4.79 Å². The molecule has 2 heteroatoms. The Morgan fingerprint density at radius 1 is 0.645 bits per heavy atom. The van der Waals surface area contributed by atoms with Crippen molar-refractivity contribution < 1.29 is 0 Å². The summed E-state index contributed by atoms with van der Waals surface area (Å²) in [6.07, 6.45) is 2.06. The average Bonchev–Trinajstić information content (AvgIpc) is 3.04. The second kappa shape index (κ2) is 7.53. The first-order valence-corrected chi connectivity index (χ1v) is 10.9. The summed E-state index contributed by atoms with van der Waals surface area (Å²) in [6.45, 7) is 12.7. The standard InChI is InChI=1S/C29H31NO/c1-28(2,3)24-16-22-23(18-30-26(22)17-25(27(24)31)29(4,5)6)21-14-12-20(13-15-21)19-10-8-7-9-11-19/h7-18,30H,1-6H3. The van der Waals surface area contributed by atoms with Gasteiger partial charge in [0, 0.05) is 33.8 Å². The lowest BCUT2D eigenvalue weighted by Crippen LogP contribution is -2.28. The highest BCUT2D eigenvalue weighted by molar-refractivity contribution is 5.96. The molecule has 1 N–H and O–H groups in total. The number of aromatic amines is 1. The predicted molar refractivity (Wildman–Crippen MR) is 133 cm³/mol. The average molecular weight is 410 g/mol. The monoisotopic (exact) mass is 409 g/mol. The van der Waals surface area contributed by atoms with Gasteiger partial charge in [0.2, 0.25) is 0 Å². The molecule has 158 valence electrons. The van der Waals surface area contributed by atoms with Crippen molar-refractivity contribution in [2.45, 2.75) is 52.4 Å². The molecule has 4 aromatic rings. The van der Waals surface area contributed by atoms with E-state index in [1.807, 2.05) is 6.07 Å². The van der Waals surface area contributed by atoms with Crippen LogP contribution >= 0.6 is 0 Å². The lowest BCUT2D eigenvalue weighted by molar-refractivity contribution is 0.564. The third-order valence-electron chi connectivity index (χ3n) is 5.94. The minimum absolute atomic E-state index is 0.148. The molecule has 0 unspecified atom stereocenters. The highest BCUT2D eigenvalue weighted by Gasteiger charge is 2.25. The Balaban J connectivity index is 1.93. The summed E-state index contributed by atoms with van der Waals surface area (Å²) < 4.78 is 0. The molecular weight excluding hydrogens is 378 g/mol. The number of fused-ring (bicyclic) bond motifs is 1. The summed E-state index contributed by atoms with van der Waals surface area (Å²) in [6, 6.07) is 23.2. The number of aromatic nitrogens is 1. The van der Waals surface area contributed by atoms with Crippen LogP contribution < -0.4 is 5.43 Å². The van der Waals surface area contributed by atoms with E-state index in [9.17, 15) is 4.79 Å². The summed E-state index contributed by atoms with van der Waals surface area (Å²) in [5.41, 5.74) is 7.05. The molecule has 1 aromatic heterocycles. The number of H-pyrrole nitrogens is 1. The Bertz CT molecular complexity index is 1280. The van der Waals surface area contributed by atoms with Crippen LogP contribution in [0, 0.1) is 0 Å². The lowest BCUT2D eigenvalue weighted by Gasteiger charge is -2.21. The highest BCUT2D eigenvalue weighted by atomic mass is 16.1. The molecule has 0 aliphatic heterocycles. The zero-order valence-electron chi connectivity index (χ0n) is 19.3. The van der Waals surface area contributed by atoms with Crippen LogP contribution in [0.1, 0.15) is 52.7 Å². The van der Waals surface area contributed by atoms with Crippen molar-refractivity contribution in [2.75, 3.05) is 0 Å². The van der Waals surface area contributed by atoms with E-state index in [2.05, 4.69) is 113 Å². The fourth-order valence-electron chi connectivity index (χ4n) is 4.12. The van der Waals surface area contributed by atoms with E-state index < -0.39 is 0 Å². The fourth-order valence-corrected chi connectivity index (χ4v) is 4.12. The second-order valence-corrected chi connectivity index (χ2v) is 10.4. The zero-order chi connectivity index (χ0) is 22.4. The van der Waals surface area contributed by atoms with Gasteiger partial charge in [-0.25, -0.2) is 0 Å². The van der Waals surface area contributed by atoms with Gasteiger partial charge in [0.25, 0.3) is 0 Å². The zero-order valence-corrected chi connectivity index (χ0v) is 19.3. The highest BCUT2D eigenvalue weighted by Crippen LogP contribution is 2.34. The molecular formula is C29H31NO. The topological polar surface area (TPSA) is 32.9 Å². The minimum atomic E-state index is -0.241. The summed E-state index contributed by atoms with van der Waals surface area (Å²) >= 11 is 0. The number of benzene rings is 2. The largest absolute Gasteiger partial charge is 0.361 e. The van der Waals surface area contributed by atoms with Gasteiger partial charge < -0.3 is 4.98 Å². The van der Waals surface area contributed by atoms with Gasteiger partial charge >= 0.3 is 0 Å². The van der Waals surface area contributed by atoms with E-state index in [0.29, 0.717) is 0 Å². The molecule has 0 aliphatic rings. The summed E-state index contributed by atoms with van der Waals surface area (Å²) in [5.74, 6) is 0. The lowest BCUT2D eigenvalue weighted by atomic mass is 9.82. The third kappa shape index (κ3) is 4.07. The molecule has 0 saturated heterocycles. The second-order valence-electron chi connectivity index (χ2n) is 10.4.